The summed E-state index contributed by atoms with van der Waals surface area (Å²) in [5.74, 6) is -0.0774. The van der Waals surface area contributed by atoms with Crippen molar-refractivity contribution in [2.24, 2.45) is 0 Å². The summed E-state index contributed by atoms with van der Waals surface area (Å²) in [6.45, 7) is 0. The first-order valence-corrected chi connectivity index (χ1v) is 11.1. The Morgan fingerprint density at radius 2 is 1.60 bits per heavy atom. The molecule has 1 heterocycles. The number of rotatable bonds is 7. The molecule has 0 radical (unpaired) electrons. The molecule has 0 saturated carbocycles. The van der Waals surface area contributed by atoms with Crippen LogP contribution in [0.5, 0.6) is 5.75 Å². The fourth-order valence-electron chi connectivity index (χ4n) is 3.24. The van der Waals surface area contributed by atoms with Crippen molar-refractivity contribution >= 4 is 21.5 Å². The Morgan fingerprint density at radius 3 is 2.20 bits per heavy atom. The summed E-state index contributed by atoms with van der Waals surface area (Å²) in [5, 5.41) is 30.9. The SMILES string of the molecule is COc1cc([N+](=O)[O-])ccc1-[n+]1nc(-c2ccccc2S(=O)(=O)O)nn1-c1ccc([N+](=O)[O-])cc1. The van der Waals surface area contributed by atoms with E-state index in [1.807, 2.05) is 0 Å². The molecule has 0 spiro atoms. The van der Waals surface area contributed by atoms with Gasteiger partial charge in [-0.1, -0.05) is 12.1 Å². The van der Waals surface area contributed by atoms with Crippen molar-refractivity contribution in [3.05, 3.63) is 87.0 Å². The second kappa shape index (κ2) is 8.88. The van der Waals surface area contributed by atoms with Gasteiger partial charge in [-0.3, -0.25) is 24.8 Å². The first kappa shape index (κ1) is 23.4. The minimum absolute atomic E-state index is 0.0229. The molecule has 1 N–H and O–H groups in total. The van der Waals surface area contributed by atoms with E-state index in [1.165, 1.54) is 83.4 Å². The monoisotopic (exact) mass is 499 g/mol. The minimum atomic E-state index is -4.63. The molecule has 0 fully saturated rings. The highest BCUT2D eigenvalue weighted by Crippen LogP contribution is 2.27. The third-order valence-electron chi connectivity index (χ3n) is 4.85. The fourth-order valence-corrected chi connectivity index (χ4v) is 3.93. The smallest absolute Gasteiger partial charge is 0.341 e. The van der Waals surface area contributed by atoms with Crippen LogP contribution in [-0.2, 0) is 10.1 Å². The highest BCUT2D eigenvalue weighted by Gasteiger charge is 2.30. The molecule has 0 aliphatic heterocycles. The molecule has 0 amide bonds. The largest absolute Gasteiger partial charge is 0.492 e. The molecule has 178 valence electrons. The maximum Gasteiger partial charge on any atom is 0.341 e. The van der Waals surface area contributed by atoms with Gasteiger partial charge in [-0.25, -0.2) is 0 Å². The standard InChI is InChI=1S/C20H14N6O8S/c1-34-18-12-15(26(29)30)10-11-17(18)24-22-20(16-4-2-3-5-19(16)35(31,32)33)21-23(24)13-6-8-14(9-7-13)25(27)28/h2-12H,1H3/p+1. The second-order valence-corrected chi connectivity index (χ2v) is 8.35. The van der Waals surface area contributed by atoms with E-state index < -0.39 is 24.9 Å². The molecule has 0 atom stereocenters. The fraction of sp³-hybridized carbons (Fsp3) is 0.0500. The van der Waals surface area contributed by atoms with Crippen LogP contribution in [0.1, 0.15) is 0 Å². The first-order chi connectivity index (χ1) is 16.6. The van der Waals surface area contributed by atoms with Crippen molar-refractivity contribution < 1.29 is 32.4 Å². The predicted molar refractivity (Wildman–Crippen MR) is 118 cm³/mol. The predicted octanol–water partition coefficient (Wildman–Crippen LogP) is 2.28. The average Bonchev–Trinajstić information content (AvgIpc) is 3.28. The van der Waals surface area contributed by atoms with Crippen molar-refractivity contribution in [1.82, 2.24) is 15.0 Å². The zero-order valence-electron chi connectivity index (χ0n) is 17.7. The number of nitrogens with zero attached hydrogens (tertiary/aromatic N) is 6. The van der Waals surface area contributed by atoms with Crippen molar-refractivity contribution in [3.8, 4) is 28.5 Å². The van der Waals surface area contributed by atoms with Crippen LogP contribution < -0.4 is 9.53 Å². The molecule has 35 heavy (non-hydrogen) atoms. The van der Waals surface area contributed by atoms with Gasteiger partial charge in [0.05, 0.1) is 33.7 Å². The van der Waals surface area contributed by atoms with Crippen LogP contribution in [-0.4, -0.2) is 44.9 Å². The Morgan fingerprint density at radius 1 is 0.971 bits per heavy atom. The minimum Gasteiger partial charge on any atom is -0.492 e. The molecule has 0 bridgehead atoms. The highest BCUT2D eigenvalue weighted by molar-refractivity contribution is 7.86. The van der Waals surface area contributed by atoms with Crippen LogP contribution in [0.2, 0.25) is 0 Å². The van der Waals surface area contributed by atoms with E-state index in [0.717, 1.165) is 0 Å². The highest BCUT2D eigenvalue weighted by atomic mass is 32.2. The summed E-state index contributed by atoms with van der Waals surface area (Å²) in [5.41, 5.74) is 0.0405. The van der Waals surface area contributed by atoms with Crippen molar-refractivity contribution in [2.75, 3.05) is 7.11 Å². The number of aromatic nitrogens is 4. The van der Waals surface area contributed by atoms with Crippen molar-refractivity contribution in [1.29, 1.82) is 0 Å². The third kappa shape index (κ3) is 4.53. The quantitative estimate of drug-likeness (QED) is 0.171. The van der Waals surface area contributed by atoms with E-state index in [0.29, 0.717) is 5.69 Å². The molecule has 14 nitrogen and oxygen atoms in total. The summed E-state index contributed by atoms with van der Waals surface area (Å²) >= 11 is 0. The van der Waals surface area contributed by atoms with Gasteiger partial charge in [0.2, 0.25) is 5.69 Å². The summed E-state index contributed by atoms with van der Waals surface area (Å²) in [4.78, 5) is 23.0. The van der Waals surface area contributed by atoms with Crippen LogP contribution in [0, 0.1) is 20.2 Å². The van der Waals surface area contributed by atoms with Gasteiger partial charge in [-0.05, 0) is 34.2 Å². The lowest BCUT2D eigenvalue weighted by molar-refractivity contribution is -0.734. The molecular formula is C20H15N6O8S+. The first-order valence-electron chi connectivity index (χ1n) is 9.64. The lowest BCUT2D eigenvalue weighted by Crippen LogP contribution is -2.43. The second-order valence-electron chi connectivity index (χ2n) is 6.96. The van der Waals surface area contributed by atoms with Crippen LogP contribution >= 0.6 is 0 Å². The molecule has 0 unspecified atom stereocenters. The molecule has 1 aromatic heterocycles. The summed E-state index contributed by atoms with van der Waals surface area (Å²) in [6, 6.07) is 14.5. The number of benzene rings is 3. The number of tetrazole rings is 1. The Balaban J connectivity index is 1.99. The van der Waals surface area contributed by atoms with Gasteiger partial charge in [0.25, 0.3) is 21.5 Å². The number of ether oxygens (including phenoxy) is 1. The average molecular weight is 499 g/mol. The summed E-state index contributed by atoms with van der Waals surface area (Å²) in [6.07, 6.45) is 0. The molecule has 15 heteroatoms. The molecular weight excluding hydrogens is 484 g/mol. The summed E-state index contributed by atoms with van der Waals surface area (Å²) < 4.78 is 38.7. The molecule has 0 saturated heterocycles. The number of nitro groups is 2. The Kier molecular flexibility index (Phi) is 5.94. The lowest BCUT2D eigenvalue weighted by Gasteiger charge is -2.05. The molecule has 0 aliphatic carbocycles. The van der Waals surface area contributed by atoms with Gasteiger partial charge in [0, 0.05) is 29.1 Å². The zero-order chi connectivity index (χ0) is 25.3. The van der Waals surface area contributed by atoms with Gasteiger partial charge in [-0.15, -0.1) is 0 Å². The van der Waals surface area contributed by atoms with E-state index in [2.05, 4.69) is 10.2 Å². The van der Waals surface area contributed by atoms with Crippen molar-refractivity contribution in [2.45, 2.75) is 4.90 Å². The van der Waals surface area contributed by atoms with Crippen LogP contribution in [0.4, 0.5) is 11.4 Å². The Bertz CT molecular complexity index is 1570. The number of hydrogen-bond acceptors (Lipinski definition) is 9. The van der Waals surface area contributed by atoms with Crippen LogP contribution in [0.25, 0.3) is 22.8 Å². The lowest BCUT2D eigenvalue weighted by atomic mass is 10.2. The number of hydrogen-bond donors (Lipinski definition) is 1. The van der Waals surface area contributed by atoms with Gasteiger partial charge in [0.1, 0.15) is 10.6 Å². The van der Waals surface area contributed by atoms with Gasteiger partial charge in [0.15, 0.2) is 5.75 Å². The number of methoxy groups -OCH3 is 1. The Labute approximate surface area is 196 Å². The van der Waals surface area contributed by atoms with Gasteiger partial charge in [-0.2, -0.15) is 8.42 Å². The van der Waals surface area contributed by atoms with Crippen LogP contribution in [0.15, 0.2) is 71.6 Å². The molecule has 4 rings (SSSR count). The number of nitro benzene ring substituents is 2. The van der Waals surface area contributed by atoms with Gasteiger partial charge < -0.3 is 4.74 Å². The van der Waals surface area contributed by atoms with Crippen LogP contribution in [0.3, 0.4) is 0 Å². The molecule has 0 aliphatic rings. The summed E-state index contributed by atoms with van der Waals surface area (Å²) in [7, 11) is -3.33. The Hall–Kier alpha value is -4.76. The maximum atomic E-state index is 11.9. The third-order valence-corrected chi connectivity index (χ3v) is 5.76. The number of non-ortho nitro benzene ring substituents is 2. The molecule has 3 aromatic carbocycles. The van der Waals surface area contributed by atoms with E-state index >= 15 is 0 Å². The van der Waals surface area contributed by atoms with E-state index in [9.17, 15) is 33.2 Å². The normalized spacial score (nSPS) is 11.3. The van der Waals surface area contributed by atoms with E-state index in [4.69, 9.17) is 4.74 Å². The molecule has 4 aromatic rings. The van der Waals surface area contributed by atoms with Gasteiger partial charge >= 0.3 is 5.82 Å². The maximum absolute atomic E-state index is 11.9. The zero-order valence-corrected chi connectivity index (χ0v) is 18.6. The van der Waals surface area contributed by atoms with Crippen molar-refractivity contribution in [3.63, 3.8) is 0 Å². The van der Waals surface area contributed by atoms with E-state index in [1.54, 1.807) is 0 Å². The van der Waals surface area contributed by atoms with E-state index in [-0.39, 0.29) is 34.2 Å². The topological polar surface area (TPSA) is 184 Å².